The highest BCUT2D eigenvalue weighted by Gasteiger charge is 2.47. The zero-order valence-electron chi connectivity index (χ0n) is 10.8. The lowest BCUT2D eigenvalue weighted by atomic mass is 10.1. The van der Waals surface area contributed by atoms with Crippen molar-refractivity contribution >= 4 is 8.32 Å². The molecule has 1 fully saturated rings. The fraction of sp³-hybridized carbons (Fsp3) is 1.00. The van der Waals surface area contributed by atoms with Crippen LogP contribution in [0, 0.1) is 11.8 Å². The Morgan fingerprint density at radius 3 is 2.00 bits per heavy atom. The molecule has 0 aromatic rings. The number of rotatable bonds is 3. The third-order valence-corrected chi connectivity index (χ3v) is 8.39. The van der Waals surface area contributed by atoms with Gasteiger partial charge in [0.1, 0.15) is 0 Å². The molecule has 1 saturated carbocycles. The summed E-state index contributed by atoms with van der Waals surface area (Å²) in [4.78, 5) is 0. The van der Waals surface area contributed by atoms with Crippen LogP contribution in [0.3, 0.4) is 0 Å². The highest BCUT2D eigenvalue weighted by molar-refractivity contribution is 6.74. The fourth-order valence-corrected chi connectivity index (χ4v) is 2.96. The van der Waals surface area contributed by atoms with Gasteiger partial charge in [0.15, 0.2) is 8.32 Å². The Morgan fingerprint density at radius 1 is 1.21 bits per heavy atom. The molecule has 0 spiro atoms. The summed E-state index contributed by atoms with van der Waals surface area (Å²) < 4.78 is 6.33. The summed E-state index contributed by atoms with van der Waals surface area (Å²) in [6, 6.07) is 0. The minimum Gasteiger partial charge on any atom is -0.414 e. The average molecular weight is 214 g/mol. The van der Waals surface area contributed by atoms with E-state index in [1.807, 2.05) is 0 Å². The van der Waals surface area contributed by atoms with Gasteiger partial charge in [0, 0.05) is 6.10 Å². The van der Waals surface area contributed by atoms with Gasteiger partial charge in [0.05, 0.1) is 0 Å². The molecule has 2 heteroatoms. The van der Waals surface area contributed by atoms with E-state index in [1.54, 1.807) is 0 Å². The molecule has 1 aliphatic carbocycles. The summed E-state index contributed by atoms with van der Waals surface area (Å²) in [5.74, 6) is 1.63. The van der Waals surface area contributed by atoms with E-state index in [-0.39, 0.29) is 0 Å². The standard InChI is InChI=1S/C12H26OSi/c1-9(2)10-8-11(10)13-14(6,7)12(3,4)5/h9-11H,8H2,1-7H3/t10-,11-/m0/s1. The van der Waals surface area contributed by atoms with Crippen molar-refractivity contribution in [3.63, 3.8) is 0 Å². The van der Waals surface area contributed by atoms with Crippen LogP contribution in [0.2, 0.25) is 18.1 Å². The van der Waals surface area contributed by atoms with Crippen molar-refractivity contribution in [1.29, 1.82) is 0 Å². The van der Waals surface area contributed by atoms with Crippen LogP contribution in [-0.2, 0) is 4.43 Å². The lowest BCUT2D eigenvalue weighted by molar-refractivity contribution is 0.244. The molecule has 0 N–H and O–H groups in total. The minimum absolute atomic E-state index is 0.358. The lowest BCUT2D eigenvalue weighted by Gasteiger charge is -2.36. The molecular weight excluding hydrogens is 188 g/mol. The van der Waals surface area contributed by atoms with Crippen molar-refractivity contribution in [2.75, 3.05) is 0 Å². The number of hydrogen-bond donors (Lipinski definition) is 0. The quantitative estimate of drug-likeness (QED) is 0.644. The van der Waals surface area contributed by atoms with Crippen molar-refractivity contribution in [3.05, 3.63) is 0 Å². The van der Waals surface area contributed by atoms with E-state index in [4.69, 9.17) is 4.43 Å². The van der Waals surface area contributed by atoms with E-state index in [1.165, 1.54) is 6.42 Å². The molecule has 0 radical (unpaired) electrons. The van der Waals surface area contributed by atoms with Gasteiger partial charge in [-0.2, -0.15) is 0 Å². The highest BCUT2D eigenvalue weighted by atomic mass is 28.4. The molecule has 0 unspecified atom stereocenters. The van der Waals surface area contributed by atoms with Gasteiger partial charge in [-0.15, -0.1) is 0 Å². The topological polar surface area (TPSA) is 9.23 Å². The second kappa shape index (κ2) is 3.64. The molecule has 1 nitrogen and oxygen atoms in total. The van der Waals surface area contributed by atoms with Gasteiger partial charge in [-0.25, -0.2) is 0 Å². The zero-order valence-corrected chi connectivity index (χ0v) is 11.8. The molecular formula is C12H26OSi. The summed E-state index contributed by atoms with van der Waals surface area (Å²) in [5, 5.41) is 0.358. The first-order valence-electron chi connectivity index (χ1n) is 5.83. The molecule has 0 bridgehead atoms. The van der Waals surface area contributed by atoms with E-state index >= 15 is 0 Å². The lowest BCUT2D eigenvalue weighted by Crippen LogP contribution is -2.41. The molecule has 2 atom stereocenters. The SMILES string of the molecule is CC(C)[C@@H]1C[C@@H]1O[Si](C)(C)C(C)(C)C. The van der Waals surface area contributed by atoms with Gasteiger partial charge >= 0.3 is 0 Å². The minimum atomic E-state index is -1.49. The van der Waals surface area contributed by atoms with Crippen LogP contribution in [-0.4, -0.2) is 14.4 Å². The van der Waals surface area contributed by atoms with Crippen LogP contribution in [0.1, 0.15) is 41.0 Å². The van der Waals surface area contributed by atoms with Crippen LogP contribution >= 0.6 is 0 Å². The molecule has 0 aliphatic heterocycles. The Labute approximate surface area is 90.4 Å². The molecule has 0 aromatic carbocycles. The fourth-order valence-electron chi connectivity index (χ4n) is 1.58. The molecule has 0 amide bonds. The van der Waals surface area contributed by atoms with E-state index in [0.717, 1.165) is 11.8 Å². The Kier molecular flexibility index (Phi) is 3.18. The van der Waals surface area contributed by atoms with Gasteiger partial charge in [0.2, 0.25) is 0 Å². The van der Waals surface area contributed by atoms with Gasteiger partial charge in [-0.1, -0.05) is 34.6 Å². The number of hydrogen-bond acceptors (Lipinski definition) is 1. The largest absolute Gasteiger partial charge is 0.414 e. The molecule has 1 aliphatic rings. The summed E-state index contributed by atoms with van der Waals surface area (Å²) in [5.41, 5.74) is 0. The Bertz CT molecular complexity index is 203. The van der Waals surface area contributed by atoms with Gasteiger partial charge in [-0.3, -0.25) is 0 Å². The van der Waals surface area contributed by atoms with Crippen molar-refractivity contribution < 1.29 is 4.43 Å². The van der Waals surface area contributed by atoms with Crippen LogP contribution in [0.25, 0.3) is 0 Å². The second-order valence-electron chi connectivity index (χ2n) is 6.56. The molecule has 0 aromatic heterocycles. The van der Waals surface area contributed by atoms with Crippen molar-refractivity contribution in [1.82, 2.24) is 0 Å². The van der Waals surface area contributed by atoms with Crippen LogP contribution in [0.4, 0.5) is 0 Å². The summed E-state index contributed by atoms with van der Waals surface area (Å²) in [6.07, 6.45) is 1.88. The Morgan fingerprint density at radius 2 is 1.71 bits per heavy atom. The maximum Gasteiger partial charge on any atom is 0.192 e. The third kappa shape index (κ3) is 2.60. The molecule has 14 heavy (non-hydrogen) atoms. The van der Waals surface area contributed by atoms with E-state index in [0.29, 0.717) is 11.1 Å². The maximum atomic E-state index is 6.33. The first-order valence-corrected chi connectivity index (χ1v) is 8.74. The van der Waals surface area contributed by atoms with E-state index < -0.39 is 8.32 Å². The van der Waals surface area contributed by atoms with Gasteiger partial charge < -0.3 is 4.43 Å². The smallest absolute Gasteiger partial charge is 0.192 e. The maximum absolute atomic E-state index is 6.33. The summed E-state index contributed by atoms with van der Waals surface area (Å²) in [6.45, 7) is 16.2. The third-order valence-electron chi connectivity index (χ3n) is 3.89. The Hall–Kier alpha value is 0.177. The normalized spacial score (nSPS) is 28.3. The van der Waals surface area contributed by atoms with E-state index in [2.05, 4.69) is 47.7 Å². The summed E-state index contributed by atoms with van der Waals surface area (Å²) >= 11 is 0. The van der Waals surface area contributed by atoms with Gasteiger partial charge in [0.25, 0.3) is 0 Å². The first kappa shape index (κ1) is 12.2. The van der Waals surface area contributed by atoms with Crippen LogP contribution in [0.5, 0.6) is 0 Å². The molecule has 0 heterocycles. The predicted octanol–water partition coefficient (Wildman–Crippen LogP) is 4.05. The van der Waals surface area contributed by atoms with Crippen molar-refractivity contribution in [2.45, 2.75) is 65.3 Å². The summed E-state index contributed by atoms with van der Waals surface area (Å²) in [7, 11) is -1.49. The van der Waals surface area contributed by atoms with Crippen LogP contribution < -0.4 is 0 Å². The van der Waals surface area contributed by atoms with Crippen molar-refractivity contribution in [3.8, 4) is 0 Å². The van der Waals surface area contributed by atoms with E-state index in [9.17, 15) is 0 Å². The zero-order chi connectivity index (χ0) is 11.1. The molecule has 0 saturated heterocycles. The van der Waals surface area contributed by atoms with Gasteiger partial charge in [-0.05, 0) is 36.4 Å². The predicted molar refractivity (Wildman–Crippen MR) is 65.0 cm³/mol. The average Bonchev–Trinajstić information content (AvgIpc) is 2.63. The van der Waals surface area contributed by atoms with Crippen LogP contribution in [0.15, 0.2) is 0 Å². The van der Waals surface area contributed by atoms with Crippen molar-refractivity contribution in [2.24, 2.45) is 11.8 Å². The first-order chi connectivity index (χ1) is 6.15. The molecule has 84 valence electrons. The molecule has 1 rings (SSSR count). The monoisotopic (exact) mass is 214 g/mol. The highest BCUT2D eigenvalue weighted by Crippen LogP contribution is 2.46. The Balaban J connectivity index is 2.47. The second-order valence-corrected chi connectivity index (χ2v) is 11.3.